The molecule has 140 valence electrons. The van der Waals surface area contributed by atoms with Crippen molar-refractivity contribution in [3.8, 4) is 0 Å². The fourth-order valence-electron chi connectivity index (χ4n) is 4.27. The second-order valence-electron chi connectivity index (χ2n) is 7.65. The number of ketones is 2. The summed E-state index contributed by atoms with van der Waals surface area (Å²) in [4.78, 5) is 25.9. The number of sulfonamides is 1. The molecule has 0 saturated carbocycles. The van der Waals surface area contributed by atoms with Crippen LogP contribution < -0.4 is 0 Å². The lowest BCUT2D eigenvalue weighted by Crippen LogP contribution is -2.43. The van der Waals surface area contributed by atoms with Crippen molar-refractivity contribution in [2.45, 2.75) is 25.2 Å². The van der Waals surface area contributed by atoms with E-state index in [1.165, 1.54) is 16.4 Å². The molecule has 5 nitrogen and oxygen atoms in total. The molecule has 27 heavy (non-hydrogen) atoms. The van der Waals surface area contributed by atoms with Gasteiger partial charge < -0.3 is 0 Å². The van der Waals surface area contributed by atoms with Crippen molar-refractivity contribution >= 4 is 21.6 Å². The second-order valence-corrected chi connectivity index (χ2v) is 9.56. The maximum absolute atomic E-state index is 13.4. The number of rotatable bonds is 2. The van der Waals surface area contributed by atoms with Crippen LogP contribution in [0.2, 0.25) is 0 Å². The summed E-state index contributed by atoms with van der Waals surface area (Å²) in [6.45, 7) is 4.91. The molecule has 2 aromatic rings. The van der Waals surface area contributed by atoms with Crippen LogP contribution in [0.5, 0.6) is 0 Å². The first-order valence-electron chi connectivity index (χ1n) is 9.12. The fraction of sp³-hybridized carbons (Fsp3) is 0.333. The van der Waals surface area contributed by atoms with Crippen LogP contribution in [-0.2, 0) is 10.0 Å². The molecular weight excluding hydrogens is 362 g/mol. The molecule has 0 N–H and O–H groups in total. The van der Waals surface area contributed by atoms with E-state index < -0.39 is 15.8 Å². The van der Waals surface area contributed by atoms with Gasteiger partial charge in [-0.15, -0.1) is 0 Å². The molecule has 2 aliphatic rings. The highest BCUT2D eigenvalue weighted by Gasteiger charge is 2.38. The number of hydrogen-bond acceptors (Lipinski definition) is 4. The highest BCUT2D eigenvalue weighted by Crippen LogP contribution is 2.34. The summed E-state index contributed by atoms with van der Waals surface area (Å²) >= 11 is 0. The van der Waals surface area contributed by atoms with Crippen molar-refractivity contribution in [3.05, 3.63) is 64.7 Å². The largest absolute Gasteiger partial charge is 0.289 e. The Labute approximate surface area is 159 Å². The topological polar surface area (TPSA) is 71.5 Å². The summed E-state index contributed by atoms with van der Waals surface area (Å²) in [5, 5.41) is 0. The molecule has 0 spiro atoms. The van der Waals surface area contributed by atoms with Crippen LogP contribution in [0.4, 0.5) is 0 Å². The van der Waals surface area contributed by atoms with Crippen molar-refractivity contribution in [3.63, 3.8) is 0 Å². The van der Waals surface area contributed by atoms with E-state index in [4.69, 9.17) is 0 Å². The zero-order chi connectivity index (χ0) is 19.3. The molecule has 0 bridgehead atoms. The van der Waals surface area contributed by atoms with Crippen LogP contribution in [-0.4, -0.2) is 37.4 Å². The Morgan fingerprint density at radius 1 is 0.815 bits per heavy atom. The van der Waals surface area contributed by atoms with E-state index >= 15 is 0 Å². The Hall–Kier alpha value is -2.31. The number of piperidine rings is 1. The first-order valence-corrected chi connectivity index (χ1v) is 10.6. The van der Waals surface area contributed by atoms with Crippen molar-refractivity contribution in [1.29, 1.82) is 0 Å². The minimum Gasteiger partial charge on any atom is -0.289 e. The first-order chi connectivity index (χ1) is 12.8. The maximum atomic E-state index is 13.4. The average Bonchev–Trinajstić information content (AvgIpc) is 2.64. The number of benzene rings is 2. The number of fused-ring (bicyclic) bond motifs is 2. The SMILES string of the molecule is CC1CC(C)CN(S(=O)(=O)c2cccc3c2C(=O)c2ccccc2C3=O)C1. The van der Waals surface area contributed by atoms with E-state index in [0.29, 0.717) is 18.7 Å². The lowest BCUT2D eigenvalue weighted by Gasteiger charge is -2.34. The number of carbonyl (C=O) groups is 2. The summed E-state index contributed by atoms with van der Waals surface area (Å²) in [5.74, 6) is -0.211. The zero-order valence-corrected chi connectivity index (χ0v) is 16.1. The highest BCUT2D eigenvalue weighted by molar-refractivity contribution is 7.89. The van der Waals surface area contributed by atoms with E-state index in [-0.39, 0.29) is 39.2 Å². The van der Waals surface area contributed by atoms with Gasteiger partial charge in [-0.2, -0.15) is 4.31 Å². The van der Waals surface area contributed by atoms with Crippen molar-refractivity contribution < 1.29 is 18.0 Å². The third-order valence-corrected chi connectivity index (χ3v) is 7.24. The minimum absolute atomic E-state index is 0.00656. The van der Waals surface area contributed by atoms with Crippen LogP contribution >= 0.6 is 0 Å². The van der Waals surface area contributed by atoms with Gasteiger partial charge in [0, 0.05) is 29.8 Å². The van der Waals surface area contributed by atoms with Crippen molar-refractivity contribution in [2.75, 3.05) is 13.1 Å². The molecule has 0 amide bonds. The smallest absolute Gasteiger partial charge is 0.243 e. The van der Waals surface area contributed by atoms with Gasteiger partial charge in [0.1, 0.15) is 0 Å². The van der Waals surface area contributed by atoms with Crippen LogP contribution in [0, 0.1) is 11.8 Å². The van der Waals surface area contributed by atoms with Crippen LogP contribution in [0.15, 0.2) is 47.4 Å². The molecule has 2 unspecified atom stereocenters. The third kappa shape index (κ3) is 2.84. The van der Waals surface area contributed by atoms with Gasteiger partial charge in [-0.25, -0.2) is 8.42 Å². The summed E-state index contributed by atoms with van der Waals surface area (Å²) in [5.41, 5.74) is 0.757. The van der Waals surface area contributed by atoms with Gasteiger partial charge in [0.2, 0.25) is 10.0 Å². The maximum Gasteiger partial charge on any atom is 0.243 e. The van der Waals surface area contributed by atoms with Gasteiger partial charge in [-0.3, -0.25) is 9.59 Å². The molecule has 1 fully saturated rings. The third-order valence-electron chi connectivity index (χ3n) is 5.37. The minimum atomic E-state index is -3.87. The van der Waals surface area contributed by atoms with Gasteiger partial charge in [0.05, 0.1) is 10.5 Å². The predicted molar refractivity (Wildman–Crippen MR) is 101 cm³/mol. The zero-order valence-electron chi connectivity index (χ0n) is 15.3. The molecule has 1 heterocycles. The van der Waals surface area contributed by atoms with Crippen LogP contribution in [0.1, 0.15) is 52.1 Å². The normalized spacial score (nSPS) is 23.0. The van der Waals surface area contributed by atoms with Crippen LogP contribution in [0.3, 0.4) is 0 Å². The molecule has 0 radical (unpaired) electrons. The summed E-state index contributed by atoms with van der Waals surface area (Å²) in [6, 6.07) is 11.1. The molecule has 1 saturated heterocycles. The molecule has 0 aromatic heterocycles. The Kier molecular flexibility index (Phi) is 4.28. The average molecular weight is 383 g/mol. The molecule has 1 aliphatic heterocycles. The molecular formula is C21H21NO4S. The van der Waals surface area contributed by atoms with Gasteiger partial charge in [-0.1, -0.05) is 50.2 Å². The molecule has 1 aliphatic carbocycles. The highest BCUT2D eigenvalue weighted by atomic mass is 32.2. The first kappa shape index (κ1) is 18.1. The second kappa shape index (κ2) is 6.39. The number of nitrogens with zero attached hydrogens (tertiary/aromatic N) is 1. The van der Waals surface area contributed by atoms with E-state index in [1.807, 2.05) is 13.8 Å². The monoisotopic (exact) mass is 383 g/mol. The van der Waals surface area contributed by atoms with Crippen LogP contribution in [0.25, 0.3) is 0 Å². The van der Waals surface area contributed by atoms with Gasteiger partial charge in [0.25, 0.3) is 0 Å². The van der Waals surface area contributed by atoms with Gasteiger partial charge in [-0.05, 0) is 24.3 Å². The standard InChI is InChI=1S/C21H21NO4S/c1-13-10-14(2)12-22(11-13)27(25,26)18-9-5-8-17-19(18)21(24)16-7-4-3-6-15(16)20(17)23/h3-9,13-14H,10-12H2,1-2H3. The van der Waals surface area contributed by atoms with Gasteiger partial charge >= 0.3 is 0 Å². The summed E-state index contributed by atoms with van der Waals surface area (Å²) < 4.78 is 28.2. The quantitative estimate of drug-likeness (QED) is 0.682. The number of hydrogen-bond donors (Lipinski definition) is 0. The van der Waals surface area contributed by atoms with Gasteiger partial charge in [0.15, 0.2) is 11.6 Å². The Morgan fingerprint density at radius 2 is 1.37 bits per heavy atom. The van der Waals surface area contributed by atoms with E-state index in [1.54, 1.807) is 30.3 Å². The van der Waals surface area contributed by atoms with E-state index in [0.717, 1.165) is 6.42 Å². The fourth-order valence-corrected chi connectivity index (χ4v) is 6.16. The molecule has 6 heteroatoms. The van der Waals surface area contributed by atoms with E-state index in [9.17, 15) is 18.0 Å². The Morgan fingerprint density at radius 3 is 2.00 bits per heavy atom. The summed E-state index contributed by atoms with van der Waals surface area (Å²) in [7, 11) is -3.87. The Bertz CT molecular complexity index is 1050. The predicted octanol–water partition coefficient (Wildman–Crippen LogP) is 3.13. The Balaban J connectivity index is 1.87. The van der Waals surface area contributed by atoms with E-state index in [2.05, 4.69) is 0 Å². The van der Waals surface area contributed by atoms with Crippen molar-refractivity contribution in [2.24, 2.45) is 11.8 Å². The lowest BCUT2D eigenvalue weighted by molar-refractivity contribution is 0.0976. The molecule has 2 atom stereocenters. The molecule has 2 aromatic carbocycles. The number of carbonyl (C=O) groups excluding carboxylic acids is 2. The molecule has 4 rings (SSSR count). The van der Waals surface area contributed by atoms with Crippen molar-refractivity contribution in [1.82, 2.24) is 4.31 Å². The lowest BCUT2D eigenvalue weighted by atomic mass is 9.84. The summed E-state index contributed by atoms with van der Waals surface area (Å²) in [6.07, 6.45) is 0.976.